The van der Waals surface area contributed by atoms with Crippen molar-refractivity contribution < 1.29 is 19.1 Å². The average Bonchev–Trinajstić information content (AvgIpc) is 2.68. The van der Waals surface area contributed by atoms with E-state index in [-0.39, 0.29) is 24.5 Å². The van der Waals surface area contributed by atoms with Gasteiger partial charge in [-0.2, -0.15) is 0 Å². The highest BCUT2D eigenvalue weighted by Gasteiger charge is 2.27. The zero-order valence-corrected chi connectivity index (χ0v) is 15.0. The number of morpholine rings is 1. The van der Waals surface area contributed by atoms with Gasteiger partial charge in [-0.15, -0.1) is 0 Å². The van der Waals surface area contributed by atoms with Crippen LogP contribution >= 0.6 is 11.6 Å². The zero-order valence-electron chi connectivity index (χ0n) is 14.3. The van der Waals surface area contributed by atoms with Gasteiger partial charge in [-0.1, -0.05) is 11.6 Å². The van der Waals surface area contributed by atoms with Gasteiger partial charge < -0.3 is 19.7 Å². The molecule has 1 saturated heterocycles. The van der Waals surface area contributed by atoms with E-state index >= 15 is 0 Å². The van der Waals surface area contributed by atoms with Crippen LogP contribution in [-0.2, 0) is 9.53 Å². The van der Waals surface area contributed by atoms with Gasteiger partial charge >= 0.3 is 0 Å². The van der Waals surface area contributed by atoms with E-state index in [1.54, 1.807) is 60.5 Å². The number of benzene rings is 2. The Hall–Kier alpha value is -2.57. The Kier molecular flexibility index (Phi) is 5.75. The van der Waals surface area contributed by atoms with Crippen LogP contribution in [0.15, 0.2) is 48.5 Å². The molecule has 0 aromatic heterocycles. The highest BCUT2D eigenvalue weighted by molar-refractivity contribution is 6.30. The Labute approximate surface area is 156 Å². The number of halogens is 1. The van der Waals surface area contributed by atoms with Crippen LogP contribution in [0.25, 0.3) is 0 Å². The predicted octanol–water partition coefficient (Wildman–Crippen LogP) is 2.51. The Morgan fingerprint density at radius 2 is 1.92 bits per heavy atom. The minimum absolute atomic E-state index is 0.0221. The summed E-state index contributed by atoms with van der Waals surface area (Å²) in [6.07, 6.45) is -0.287. The van der Waals surface area contributed by atoms with Crippen molar-refractivity contribution in [1.82, 2.24) is 5.32 Å². The van der Waals surface area contributed by atoms with Crippen molar-refractivity contribution in [2.24, 2.45) is 0 Å². The summed E-state index contributed by atoms with van der Waals surface area (Å²) in [7, 11) is 1.57. The fourth-order valence-corrected chi connectivity index (χ4v) is 2.80. The summed E-state index contributed by atoms with van der Waals surface area (Å²) in [4.78, 5) is 26.0. The number of carbonyl (C=O) groups excluding carboxylic acids is 2. The largest absolute Gasteiger partial charge is 0.497 e. The van der Waals surface area contributed by atoms with E-state index < -0.39 is 0 Å². The van der Waals surface area contributed by atoms with Crippen LogP contribution in [0.4, 0.5) is 5.69 Å². The molecule has 2 amide bonds. The molecule has 0 radical (unpaired) electrons. The van der Waals surface area contributed by atoms with Crippen molar-refractivity contribution in [2.75, 3.05) is 31.7 Å². The number of methoxy groups -OCH3 is 1. The lowest BCUT2D eigenvalue weighted by molar-refractivity contribution is -0.129. The normalized spacial score (nSPS) is 17.1. The van der Waals surface area contributed by atoms with Gasteiger partial charge in [-0.05, 0) is 48.5 Å². The molecule has 1 atom stereocenters. The van der Waals surface area contributed by atoms with Gasteiger partial charge in [-0.3, -0.25) is 9.59 Å². The Morgan fingerprint density at radius 1 is 1.23 bits per heavy atom. The molecule has 0 aliphatic carbocycles. The maximum atomic E-state index is 12.2. The molecule has 1 unspecified atom stereocenters. The number of hydrogen-bond acceptors (Lipinski definition) is 4. The van der Waals surface area contributed by atoms with Gasteiger partial charge in [-0.25, -0.2) is 0 Å². The van der Waals surface area contributed by atoms with Crippen molar-refractivity contribution >= 4 is 29.1 Å². The fourth-order valence-electron chi connectivity index (χ4n) is 2.67. The Balaban J connectivity index is 1.58. The lowest BCUT2D eigenvalue weighted by atomic mass is 10.2. The summed E-state index contributed by atoms with van der Waals surface area (Å²) in [6, 6.07) is 13.9. The van der Waals surface area contributed by atoms with Crippen LogP contribution in [0.3, 0.4) is 0 Å². The van der Waals surface area contributed by atoms with Crippen molar-refractivity contribution in [2.45, 2.75) is 6.10 Å². The van der Waals surface area contributed by atoms with Gasteiger partial charge in [0.1, 0.15) is 12.4 Å². The van der Waals surface area contributed by atoms with E-state index in [9.17, 15) is 9.59 Å². The molecule has 1 aliphatic rings. The number of rotatable bonds is 5. The monoisotopic (exact) mass is 374 g/mol. The van der Waals surface area contributed by atoms with E-state index in [0.29, 0.717) is 29.4 Å². The van der Waals surface area contributed by atoms with Crippen molar-refractivity contribution in [1.29, 1.82) is 0 Å². The van der Waals surface area contributed by atoms with Crippen molar-refractivity contribution in [3.05, 3.63) is 59.1 Å². The molecule has 0 saturated carbocycles. The molecule has 0 bridgehead atoms. The van der Waals surface area contributed by atoms with E-state index in [4.69, 9.17) is 21.1 Å². The molecule has 1 heterocycles. The zero-order chi connectivity index (χ0) is 18.5. The number of nitrogens with one attached hydrogen (secondary N) is 1. The number of carbonyl (C=O) groups is 2. The number of hydrogen-bond donors (Lipinski definition) is 1. The topological polar surface area (TPSA) is 67.9 Å². The minimum atomic E-state index is -0.287. The number of amides is 2. The minimum Gasteiger partial charge on any atom is -0.497 e. The molecule has 2 aromatic carbocycles. The van der Waals surface area contributed by atoms with Crippen LogP contribution in [0, 0.1) is 0 Å². The average molecular weight is 375 g/mol. The first-order valence-electron chi connectivity index (χ1n) is 8.16. The lowest BCUT2D eigenvalue weighted by Gasteiger charge is -2.32. The second-order valence-corrected chi connectivity index (χ2v) is 6.29. The third-order valence-corrected chi connectivity index (χ3v) is 4.36. The summed E-state index contributed by atoms with van der Waals surface area (Å²) in [5.74, 6) is 0.366. The van der Waals surface area contributed by atoms with Crippen LogP contribution in [0.5, 0.6) is 5.75 Å². The Morgan fingerprint density at radius 3 is 2.58 bits per heavy atom. The number of ether oxygens (including phenoxy) is 2. The molecule has 136 valence electrons. The third-order valence-electron chi connectivity index (χ3n) is 4.11. The molecule has 6 nitrogen and oxygen atoms in total. The highest BCUT2D eigenvalue weighted by Crippen LogP contribution is 2.21. The third kappa shape index (κ3) is 4.33. The molecule has 1 aliphatic heterocycles. The molecule has 7 heteroatoms. The second-order valence-electron chi connectivity index (χ2n) is 5.85. The maximum absolute atomic E-state index is 12.2. The van der Waals surface area contributed by atoms with Crippen LogP contribution in [0.1, 0.15) is 10.4 Å². The molecule has 3 rings (SSSR count). The van der Waals surface area contributed by atoms with Gasteiger partial charge in [0.25, 0.3) is 11.8 Å². The first-order valence-corrected chi connectivity index (χ1v) is 8.54. The molecule has 2 aromatic rings. The predicted molar refractivity (Wildman–Crippen MR) is 98.9 cm³/mol. The second kappa shape index (κ2) is 8.21. The first kappa shape index (κ1) is 18.2. The summed E-state index contributed by atoms with van der Waals surface area (Å²) in [6.45, 7) is 0.650. The number of nitrogens with zero attached hydrogens (tertiary/aromatic N) is 1. The number of anilines is 1. The fraction of sp³-hybridized carbons (Fsp3) is 0.263. The molecule has 1 N–H and O–H groups in total. The quantitative estimate of drug-likeness (QED) is 0.873. The molecule has 1 fully saturated rings. The van der Waals surface area contributed by atoms with Gasteiger partial charge in [0.2, 0.25) is 0 Å². The standard InChI is InChI=1S/C19H19ClN2O4/c1-25-16-8-2-13(3-9-16)19(24)21-10-17-11-22(18(23)12-26-17)15-6-4-14(20)5-7-15/h2-9,17H,10-12H2,1H3,(H,21,24). The van der Waals surface area contributed by atoms with Crippen LogP contribution < -0.4 is 15.0 Å². The van der Waals surface area contributed by atoms with Gasteiger partial charge in [0.15, 0.2) is 0 Å². The highest BCUT2D eigenvalue weighted by atomic mass is 35.5. The van der Waals surface area contributed by atoms with E-state index in [1.807, 2.05) is 0 Å². The van der Waals surface area contributed by atoms with E-state index in [0.717, 1.165) is 5.69 Å². The summed E-state index contributed by atoms with van der Waals surface area (Å²) < 4.78 is 10.6. The molecular formula is C19H19ClN2O4. The van der Waals surface area contributed by atoms with Crippen molar-refractivity contribution in [3.63, 3.8) is 0 Å². The van der Waals surface area contributed by atoms with E-state index in [1.165, 1.54) is 0 Å². The molecular weight excluding hydrogens is 356 g/mol. The SMILES string of the molecule is COc1ccc(C(=O)NCC2CN(c3ccc(Cl)cc3)C(=O)CO2)cc1. The first-order chi connectivity index (χ1) is 12.6. The van der Waals surface area contributed by atoms with E-state index in [2.05, 4.69) is 5.32 Å². The smallest absolute Gasteiger partial charge is 0.253 e. The van der Waals surface area contributed by atoms with Crippen LogP contribution in [0.2, 0.25) is 5.02 Å². The summed E-state index contributed by atoms with van der Waals surface area (Å²) in [5, 5.41) is 3.45. The summed E-state index contributed by atoms with van der Waals surface area (Å²) in [5.41, 5.74) is 1.29. The molecule has 26 heavy (non-hydrogen) atoms. The van der Waals surface area contributed by atoms with Gasteiger partial charge in [0.05, 0.1) is 19.8 Å². The van der Waals surface area contributed by atoms with Crippen molar-refractivity contribution in [3.8, 4) is 5.75 Å². The summed E-state index contributed by atoms with van der Waals surface area (Å²) >= 11 is 5.89. The Bertz CT molecular complexity index is 777. The lowest BCUT2D eigenvalue weighted by Crippen LogP contribution is -2.50. The van der Waals surface area contributed by atoms with Crippen LogP contribution in [-0.4, -0.2) is 44.7 Å². The molecule has 0 spiro atoms. The van der Waals surface area contributed by atoms with Gasteiger partial charge in [0, 0.05) is 22.8 Å². The maximum Gasteiger partial charge on any atom is 0.253 e.